The molecule has 0 N–H and O–H groups in total. The van der Waals surface area contributed by atoms with E-state index in [0.29, 0.717) is 23.9 Å². The molecule has 4 nitrogen and oxygen atoms in total. The van der Waals surface area contributed by atoms with E-state index in [2.05, 4.69) is 0 Å². The van der Waals surface area contributed by atoms with Crippen LogP contribution in [-0.4, -0.2) is 30.2 Å². The van der Waals surface area contributed by atoms with Crippen LogP contribution in [0.5, 0.6) is 5.75 Å². The van der Waals surface area contributed by atoms with Gasteiger partial charge < -0.3 is 4.74 Å². The zero-order chi connectivity index (χ0) is 13.0. The van der Waals surface area contributed by atoms with E-state index in [4.69, 9.17) is 21.2 Å². The first-order valence-electron chi connectivity index (χ1n) is 6.04. The zero-order valence-corrected chi connectivity index (χ0v) is 11.0. The van der Waals surface area contributed by atoms with Crippen LogP contribution in [0.2, 0.25) is 5.02 Å². The van der Waals surface area contributed by atoms with E-state index in [1.165, 1.54) is 5.06 Å². The summed E-state index contributed by atoms with van der Waals surface area (Å²) in [6.45, 7) is 2.91. The molecule has 1 fully saturated rings. The van der Waals surface area contributed by atoms with E-state index >= 15 is 0 Å². The number of carbonyl (C=O) groups is 1. The van der Waals surface area contributed by atoms with Gasteiger partial charge in [-0.2, -0.15) is 0 Å². The first-order chi connectivity index (χ1) is 8.68. The summed E-state index contributed by atoms with van der Waals surface area (Å²) in [6, 6.07) is 7.10. The molecule has 18 heavy (non-hydrogen) atoms. The van der Waals surface area contributed by atoms with Crippen LogP contribution in [0.3, 0.4) is 0 Å². The van der Waals surface area contributed by atoms with Crippen LogP contribution in [0, 0.1) is 0 Å². The average Bonchev–Trinajstić information content (AvgIpc) is 2.41. The first-order valence-corrected chi connectivity index (χ1v) is 6.42. The summed E-state index contributed by atoms with van der Waals surface area (Å²) < 4.78 is 5.56. The molecule has 1 aromatic rings. The van der Waals surface area contributed by atoms with Crippen molar-refractivity contribution in [1.82, 2.24) is 5.06 Å². The fourth-order valence-corrected chi connectivity index (χ4v) is 1.93. The molecule has 1 aliphatic heterocycles. The molecular formula is C13H16ClNO3. The van der Waals surface area contributed by atoms with E-state index in [-0.39, 0.29) is 5.91 Å². The smallest absolute Gasteiger partial charge is 0.286 e. The predicted molar refractivity (Wildman–Crippen MR) is 68.4 cm³/mol. The number of hydrogen-bond acceptors (Lipinski definition) is 3. The van der Waals surface area contributed by atoms with Gasteiger partial charge in [0.05, 0.1) is 11.6 Å². The molecule has 0 aliphatic carbocycles. The highest BCUT2D eigenvalue weighted by Gasteiger charge is 2.25. The monoisotopic (exact) mass is 269 g/mol. The molecule has 1 amide bonds. The highest BCUT2D eigenvalue weighted by Crippen LogP contribution is 2.24. The molecule has 5 heteroatoms. The second-order valence-corrected chi connectivity index (χ2v) is 4.58. The minimum absolute atomic E-state index is 0.172. The Balaban J connectivity index is 1.96. The topological polar surface area (TPSA) is 38.8 Å². The number of hydrogen-bond donors (Lipinski definition) is 0. The lowest BCUT2D eigenvalue weighted by Crippen LogP contribution is -2.43. The van der Waals surface area contributed by atoms with E-state index in [9.17, 15) is 4.79 Å². The SMILES string of the molecule is CC(Oc1ccccc1Cl)C(=O)N1CCCCO1. The molecule has 1 aromatic carbocycles. The zero-order valence-electron chi connectivity index (χ0n) is 10.3. The number of carbonyl (C=O) groups excluding carboxylic acids is 1. The molecule has 1 aliphatic rings. The molecule has 0 spiro atoms. The van der Waals surface area contributed by atoms with Crippen molar-refractivity contribution in [2.45, 2.75) is 25.9 Å². The van der Waals surface area contributed by atoms with Gasteiger partial charge in [-0.1, -0.05) is 23.7 Å². The van der Waals surface area contributed by atoms with Crippen LogP contribution in [0.1, 0.15) is 19.8 Å². The number of para-hydroxylation sites is 1. The highest BCUT2D eigenvalue weighted by atomic mass is 35.5. The van der Waals surface area contributed by atoms with Crippen LogP contribution in [0.4, 0.5) is 0 Å². The molecule has 1 unspecified atom stereocenters. The quantitative estimate of drug-likeness (QED) is 0.847. The lowest BCUT2D eigenvalue weighted by molar-refractivity contribution is -0.202. The van der Waals surface area contributed by atoms with Crippen molar-refractivity contribution in [2.75, 3.05) is 13.2 Å². The number of halogens is 1. The standard InChI is InChI=1S/C13H16ClNO3/c1-10(13(16)15-8-4-5-9-17-15)18-12-7-3-2-6-11(12)14/h2-3,6-7,10H,4-5,8-9H2,1H3. The van der Waals surface area contributed by atoms with Crippen molar-refractivity contribution in [2.24, 2.45) is 0 Å². The Morgan fingerprint density at radius 1 is 1.44 bits per heavy atom. The largest absolute Gasteiger partial charge is 0.479 e. The third-order valence-electron chi connectivity index (χ3n) is 2.74. The molecule has 2 rings (SSSR count). The van der Waals surface area contributed by atoms with Crippen LogP contribution >= 0.6 is 11.6 Å². The van der Waals surface area contributed by atoms with E-state index in [0.717, 1.165) is 12.8 Å². The lowest BCUT2D eigenvalue weighted by atomic mass is 10.2. The summed E-state index contributed by atoms with van der Waals surface area (Å²) in [5, 5.41) is 1.88. The molecule has 1 heterocycles. The van der Waals surface area contributed by atoms with Gasteiger partial charge >= 0.3 is 0 Å². The lowest BCUT2D eigenvalue weighted by Gasteiger charge is -2.28. The minimum atomic E-state index is -0.608. The number of benzene rings is 1. The Morgan fingerprint density at radius 2 is 2.22 bits per heavy atom. The van der Waals surface area contributed by atoms with E-state index < -0.39 is 6.10 Å². The van der Waals surface area contributed by atoms with Crippen molar-refractivity contribution in [1.29, 1.82) is 0 Å². The maximum atomic E-state index is 12.0. The second kappa shape index (κ2) is 6.07. The third-order valence-corrected chi connectivity index (χ3v) is 3.05. The summed E-state index contributed by atoms with van der Waals surface area (Å²) in [4.78, 5) is 17.3. The van der Waals surface area contributed by atoms with Gasteiger partial charge in [-0.3, -0.25) is 9.63 Å². The van der Waals surface area contributed by atoms with Gasteiger partial charge in [-0.05, 0) is 31.9 Å². The molecular weight excluding hydrogens is 254 g/mol. The van der Waals surface area contributed by atoms with Crippen LogP contribution < -0.4 is 4.74 Å². The number of amides is 1. The van der Waals surface area contributed by atoms with Gasteiger partial charge in [-0.15, -0.1) is 0 Å². The van der Waals surface area contributed by atoms with Gasteiger partial charge in [0.25, 0.3) is 5.91 Å². The predicted octanol–water partition coefficient (Wildman–Crippen LogP) is 2.66. The number of nitrogens with zero attached hydrogens (tertiary/aromatic N) is 1. The first kappa shape index (κ1) is 13.2. The summed E-state index contributed by atoms with van der Waals surface area (Å²) in [5.74, 6) is 0.339. The molecule has 98 valence electrons. The second-order valence-electron chi connectivity index (χ2n) is 4.17. The highest BCUT2D eigenvalue weighted by molar-refractivity contribution is 6.32. The van der Waals surface area contributed by atoms with Crippen LogP contribution in [0.25, 0.3) is 0 Å². The third kappa shape index (κ3) is 3.15. The fourth-order valence-electron chi connectivity index (χ4n) is 1.75. The Bertz CT molecular complexity index is 418. The Labute approximate surface area is 111 Å². The number of rotatable bonds is 3. The Kier molecular flexibility index (Phi) is 4.44. The molecule has 0 radical (unpaired) electrons. The van der Waals surface area contributed by atoms with Gasteiger partial charge in [-0.25, -0.2) is 5.06 Å². The Hall–Kier alpha value is -1.26. The molecule has 0 saturated carbocycles. The molecule has 1 atom stereocenters. The molecule has 1 saturated heterocycles. The average molecular weight is 270 g/mol. The summed E-state index contributed by atoms with van der Waals surface area (Å²) in [7, 11) is 0. The van der Waals surface area contributed by atoms with Crippen molar-refractivity contribution < 1.29 is 14.4 Å². The van der Waals surface area contributed by atoms with Crippen molar-refractivity contribution in [3.05, 3.63) is 29.3 Å². The minimum Gasteiger partial charge on any atom is -0.479 e. The Morgan fingerprint density at radius 3 is 2.89 bits per heavy atom. The van der Waals surface area contributed by atoms with Gasteiger partial charge in [0, 0.05) is 6.54 Å². The maximum Gasteiger partial charge on any atom is 0.286 e. The van der Waals surface area contributed by atoms with Crippen LogP contribution in [-0.2, 0) is 9.63 Å². The maximum absolute atomic E-state index is 12.0. The fraction of sp³-hybridized carbons (Fsp3) is 0.462. The summed E-state index contributed by atoms with van der Waals surface area (Å²) >= 11 is 5.98. The van der Waals surface area contributed by atoms with Crippen LogP contribution in [0.15, 0.2) is 24.3 Å². The normalized spacial score (nSPS) is 17.3. The van der Waals surface area contributed by atoms with Gasteiger partial charge in [0.2, 0.25) is 0 Å². The summed E-state index contributed by atoms with van der Waals surface area (Å²) in [5.41, 5.74) is 0. The van der Waals surface area contributed by atoms with Crippen molar-refractivity contribution in [3.8, 4) is 5.75 Å². The van der Waals surface area contributed by atoms with Crippen molar-refractivity contribution in [3.63, 3.8) is 0 Å². The summed E-state index contributed by atoms with van der Waals surface area (Å²) in [6.07, 6.45) is 1.34. The van der Waals surface area contributed by atoms with Gasteiger partial charge in [0.15, 0.2) is 6.10 Å². The molecule has 0 bridgehead atoms. The molecule has 0 aromatic heterocycles. The number of hydroxylamine groups is 2. The van der Waals surface area contributed by atoms with Gasteiger partial charge in [0.1, 0.15) is 5.75 Å². The van der Waals surface area contributed by atoms with E-state index in [1.807, 2.05) is 12.1 Å². The number of ether oxygens (including phenoxy) is 1. The van der Waals surface area contributed by atoms with E-state index in [1.54, 1.807) is 19.1 Å². The van der Waals surface area contributed by atoms with Crippen molar-refractivity contribution >= 4 is 17.5 Å².